The number of rotatable bonds is 7. The van der Waals surface area contributed by atoms with Crippen molar-refractivity contribution in [3.05, 3.63) is 76.8 Å². The van der Waals surface area contributed by atoms with Crippen molar-refractivity contribution < 1.29 is 18.7 Å². The molecule has 2 heterocycles. The van der Waals surface area contributed by atoms with E-state index in [1.807, 2.05) is 48.5 Å². The van der Waals surface area contributed by atoms with Crippen molar-refractivity contribution in [1.82, 2.24) is 14.5 Å². The predicted octanol–water partition coefficient (Wildman–Crippen LogP) is 2.73. The zero-order valence-corrected chi connectivity index (χ0v) is 17.0. The summed E-state index contributed by atoms with van der Waals surface area (Å²) in [6.45, 7) is 0.272. The number of ether oxygens (including phenoxy) is 1. The van der Waals surface area contributed by atoms with Gasteiger partial charge in [0.15, 0.2) is 0 Å². The Balaban J connectivity index is 1.60. The number of esters is 1. The van der Waals surface area contributed by atoms with E-state index in [0.29, 0.717) is 17.6 Å². The highest BCUT2D eigenvalue weighted by molar-refractivity contribution is 6.01. The summed E-state index contributed by atoms with van der Waals surface area (Å²) >= 11 is 0. The molecule has 8 heteroatoms. The van der Waals surface area contributed by atoms with Gasteiger partial charge in [0.2, 0.25) is 11.5 Å². The molecule has 0 spiro atoms. The summed E-state index contributed by atoms with van der Waals surface area (Å²) in [5.41, 5.74) is 1.63. The fraction of sp³-hybridized carbons (Fsp3) is 0.217. The Hall–Kier alpha value is -3.94. The molecule has 2 aromatic heterocycles. The second kappa shape index (κ2) is 8.83. The van der Waals surface area contributed by atoms with Crippen molar-refractivity contribution in [3.63, 3.8) is 0 Å². The van der Waals surface area contributed by atoms with Crippen molar-refractivity contribution in [1.29, 1.82) is 0 Å². The van der Waals surface area contributed by atoms with Gasteiger partial charge in [-0.05, 0) is 17.7 Å². The maximum Gasteiger partial charge on any atom is 0.307 e. The molecule has 158 valence electrons. The second-order valence-corrected chi connectivity index (χ2v) is 7.08. The Morgan fingerprint density at radius 2 is 1.84 bits per heavy atom. The van der Waals surface area contributed by atoms with Gasteiger partial charge in [-0.2, -0.15) is 0 Å². The van der Waals surface area contributed by atoms with Crippen LogP contribution < -0.4 is 5.56 Å². The molecule has 0 N–H and O–H groups in total. The van der Waals surface area contributed by atoms with Crippen molar-refractivity contribution in [2.75, 3.05) is 13.7 Å². The number of hydrogen-bond acceptors (Lipinski definition) is 6. The maximum atomic E-state index is 13.0. The molecule has 0 saturated carbocycles. The third-order valence-corrected chi connectivity index (χ3v) is 5.04. The molecule has 0 aliphatic carbocycles. The monoisotopic (exact) mass is 419 g/mol. The molecule has 4 rings (SSSR count). The summed E-state index contributed by atoms with van der Waals surface area (Å²) in [5, 5.41) is 0.747. The highest BCUT2D eigenvalue weighted by Gasteiger charge is 2.19. The summed E-state index contributed by atoms with van der Waals surface area (Å²) in [6, 6.07) is 16.7. The average Bonchev–Trinajstić information content (AvgIpc) is 3.18. The first-order valence-electron chi connectivity index (χ1n) is 9.82. The molecule has 1 amide bonds. The van der Waals surface area contributed by atoms with E-state index in [2.05, 4.69) is 4.98 Å². The van der Waals surface area contributed by atoms with Gasteiger partial charge in [0, 0.05) is 18.5 Å². The van der Waals surface area contributed by atoms with E-state index >= 15 is 0 Å². The Kier molecular flexibility index (Phi) is 5.79. The number of aromatic nitrogens is 2. The molecule has 0 fully saturated rings. The molecule has 0 aliphatic heterocycles. The van der Waals surface area contributed by atoms with Gasteiger partial charge in [-0.15, -0.1) is 0 Å². The fourth-order valence-corrected chi connectivity index (χ4v) is 3.40. The summed E-state index contributed by atoms with van der Waals surface area (Å²) in [6.07, 6.45) is 1.41. The number of benzene rings is 2. The molecular weight excluding hydrogens is 398 g/mol. The summed E-state index contributed by atoms with van der Waals surface area (Å²) < 4.78 is 11.6. The number of methoxy groups -OCH3 is 1. The number of carbonyl (C=O) groups excluding carboxylic acids is 2. The molecule has 0 bridgehead atoms. The lowest BCUT2D eigenvalue weighted by atomic mass is 10.2. The Bertz CT molecular complexity index is 1290. The Morgan fingerprint density at radius 3 is 2.61 bits per heavy atom. The van der Waals surface area contributed by atoms with Crippen molar-refractivity contribution in [2.45, 2.75) is 19.5 Å². The highest BCUT2D eigenvalue weighted by atomic mass is 16.5. The van der Waals surface area contributed by atoms with Crippen molar-refractivity contribution in [2.24, 2.45) is 0 Å². The molecule has 0 atom stereocenters. The van der Waals surface area contributed by atoms with Gasteiger partial charge in [0.05, 0.1) is 19.9 Å². The highest BCUT2D eigenvalue weighted by Crippen LogP contribution is 2.24. The number of nitrogens with zero attached hydrogens (tertiary/aromatic N) is 3. The van der Waals surface area contributed by atoms with Crippen LogP contribution in [0.3, 0.4) is 0 Å². The number of fused-ring (bicyclic) bond motifs is 3. The number of furan rings is 1. The number of amides is 1. The van der Waals surface area contributed by atoms with E-state index in [1.165, 1.54) is 22.9 Å². The molecular formula is C23H21N3O5. The molecule has 31 heavy (non-hydrogen) atoms. The Labute approximate surface area is 177 Å². The molecule has 0 saturated heterocycles. The van der Waals surface area contributed by atoms with Gasteiger partial charge < -0.3 is 14.1 Å². The van der Waals surface area contributed by atoms with E-state index < -0.39 is 11.5 Å². The van der Waals surface area contributed by atoms with Crippen molar-refractivity contribution >= 4 is 33.9 Å². The molecule has 0 aliphatic rings. The molecule has 8 nitrogen and oxygen atoms in total. The van der Waals surface area contributed by atoms with Crippen LogP contribution in [-0.4, -0.2) is 40.0 Å². The van der Waals surface area contributed by atoms with Gasteiger partial charge in [-0.1, -0.05) is 42.5 Å². The third kappa shape index (κ3) is 4.32. The first-order chi connectivity index (χ1) is 15.1. The lowest BCUT2D eigenvalue weighted by Gasteiger charge is -2.23. The van der Waals surface area contributed by atoms with Crippen LogP contribution in [-0.2, 0) is 27.4 Å². The first kappa shape index (κ1) is 20.3. The minimum atomic E-state index is -0.429. The van der Waals surface area contributed by atoms with Crippen LogP contribution in [0.1, 0.15) is 12.0 Å². The van der Waals surface area contributed by atoms with Gasteiger partial charge in [0.1, 0.15) is 17.6 Å². The van der Waals surface area contributed by atoms with Crippen LogP contribution in [0.4, 0.5) is 0 Å². The third-order valence-electron chi connectivity index (χ3n) is 5.04. The van der Waals surface area contributed by atoms with Gasteiger partial charge >= 0.3 is 5.97 Å². The van der Waals surface area contributed by atoms with Gasteiger partial charge in [-0.3, -0.25) is 19.0 Å². The van der Waals surface area contributed by atoms with Gasteiger partial charge in [0.25, 0.3) is 5.56 Å². The van der Waals surface area contributed by atoms with Crippen LogP contribution >= 0.6 is 0 Å². The summed E-state index contributed by atoms with van der Waals surface area (Å²) in [5.74, 6) is -0.722. The molecule has 4 aromatic rings. The number of hydrogen-bond donors (Lipinski definition) is 0. The first-order valence-corrected chi connectivity index (χ1v) is 9.82. The SMILES string of the molecule is COC(=O)CCN(Cc1ccccc1)C(=O)Cn1cnc2c(oc3ccccc32)c1=O. The topological polar surface area (TPSA) is 94.6 Å². The summed E-state index contributed by atoms with van der Waals surface area (Å²) in [4.78, 5) is 43.4. The van der Waals surface area contributed by atoms with E-state index in [-0.39, 0.29) is 31.0 Å². The fourth-order valence-electron chi connectivity index (χ4n) is 3.40. The molecule has 0 unspecified atom stereocenters. The Morgan fingerprint density at radius 1 is 1.10 bits per heavy atom. The number of para-hydroxylation sites is 1. The lowest BCUT2D eigenvalue weighted by Crippen LogP contribution is -2.37. The lowest BCUT2D eigenvalue weighted by molar-refractivity contribution is -0.142. The van der Waals surface area contributed by atoms with Crippen LogP contribution in [0.25, 0.3) is 22.1 Å². The average molecular weight is 419 g/mol. The van der Waals surface area contributed by atoms with Crippen molar-refractivity contribution in [3.8, 4) is 0 Å². The van der Waals surface area contributed by atoms with E-state index in [1.54, 1.807) is 6.07 Å². The van der Waals surface area contributed by atoms with Crippen LogP contribution in [0.15, 0.2) is 70.1 Å². The number of carbonyl (C=O) groups is 2. The van der Waals surface area contributed by atoms with E-state index in [0.717, 1.165) is 10.9 Å². The zero-order valence-electron chi connectivity index (χ0n) is 17.0. The second-order valence-electron chi connectivity index (χ2n) is 7.08. The normalized spacial score (nSPS) is 11.0. The molecule has 0 radical (unpaired) electrons. The van der Waals surface area contributed by atoms with Gasteiger partial charge in [-0.25, -0.2) is 4.98 Å². The van der Waals surface area contributed by atoms with Crippen LogP contribution in [0.5, 0.6) is 0 Å². The summed E-state index contributed by atoms with van der Waals surface area (Å²) in [7, 11) is 1.31. The zero-order chi connectivity index (χ0) is 21.8. The van der Waals surface area contributed by atoms with E-state index in [9.17, 15) is 14.4 Å². The smallest absolute Gasteiger partial charge is 0.307 e. The van der Waals surface area contributed by atoms with Crippen LogP contribution in [0.2, 0.25) is 0 Å². The minimum Gasteiger partial charge on any atom is -0.469 e. The quantitative estimate of drug-likeness (QED) is 0.428. The maximum absolute atomic E-state index is 13.0. The van der Waals surface area contributed by atoms with E-state index in [4.69, 9.17) is 9.15 Å². The standard InChI is InChI=1S/C23H21N3O5/c1-30-20(28)11-12-25(13-16-7-3-2-4-8-16)19(27)14-26-15-24-21-17-9-5-6-10-18(17)31-22(21)23(26)29/h2-10,15H,11-14H2,1H3. The predicted molar refractivity (Wildman–Crippen MR) is 114 cm³/mol. The van der Waals surface area contributed by atoms with Crippen LogP contribution in [0, 0.1) is 0 Å². The minimum absolute atomic E-state index is 0.0603. The largest absolute Gasteiger partial charge is 0.469 e. The molecule has 2 aromatic carbocycles.